The maximum atomic E-state index is 13.4. The van der Waals surface area contributed by atoms with Gasteiger partial charge in [0.25, 0.3) is 5.91 Å². The molecule has 0 saturated heterocycles. The molecule has 162 valence electrons. The van der Waals surface area contributed by atoms with Crippen LogP contribution in [-0.4, -0.2) is 32.7 Å². The Labute approximate surface area is 185 Å². The molecule has 7 heteroatoms. The van der Waals surface area contributed by atoms with Crippen LogP contribution in [0.15, 0.2) is 65.3 Å². The third-order valence-electron chi connectivity index (χ3n) is 5.66. The molecule has 1 amide bonds. The second-order valence-electron chi connectivity index (χ2n) is 7.80. The van der Waals surface area contributed by atoms with Crippen molar-refractivity contribution in [3.63, 3.8) is 0 Å². The molecule has 0 spiro atoms. The first kappa shape index (κ1) is 19.9. The first-order chi connectivity index (χ1) is 15.6. The number of hydrogen-bond donors (Lipinski definition) is 2. The number of benzene rings is 2. The van der Waals surface area contributed by atoms with Gasteiger partial charge >= 0.3 is 0 Å². The standard InChI is InChI=1S/C25H23N3O4/c1-3-31-17-7-4-6-16(13-17)24-21-22(19-12-15(2)9-10-20(19)29)26-27-23(21)25(30)28(24)14-18-8-5-11-32-18/h4-13,24,29H,3,14H2,1-2H3,(H,26,27)/t24-/m1/s1. The van der Waals surface area contributed by atoms with Gasteiger partial charge in [-0.3, -0.25) is 9.89 Å². The molecule has 2 aromatic carbocycles. The SMILES string of the molecule is CCOc1cccc([C@@H]2c3c(-c4cc(C)ccc4O)n[nH]c3C(=O)N2Cc2ccco2)c1. The minimum atomic E-state index is -0.420. The van der Waals surface area contributed by atoms with Crippen LogP contribution in [0.4, 0.5) is 0 Å². The molecule has 1 aliphatic heterocycles. The molecule has 0 fully saturated rings. The minimum Gasteiger partial charge on any atom is -0.507 e. The Bertz CT molecular complexity index is 1280. The van der Waals surface area contributed by atoms with Gasteiger partial charge < -0.3 is 19.2 Å². The summed E-state index contributed by atoms with van der Waals surface area (Å²) in [4.78, 5) is 15.2. The van der Waals surface area contributed by atoms with E-state index in [0.717, 1.165) is 22.4 Å². The highest BCUT2D eigenvalue weighted by Crippen LogP contribution is 2.45. The summed E-state index contributed by atoms with van der Waals surface area (Å²) < 4.78 is 11.2. The molecule has 7 nitrogen and oxygen atoms in total. The van der Waals surface area contributed by atoms with Crippen LogP contribution in [0.2, 0.25) is 0 Å². The van der Waals surface area contributed by atoms with Crippen LogP contribution >= 0.6 is 0 Å². The summed E-state index contributed by atoms with van der Waals surface area (Å²) in [6.45, 7) is 4.73. The minimum absolute atomic E-state index is 0.114. The van der Waals surface area contributed by atoms with E-state index in [1.807, 2.05) is 56.3 Å². The zero-order valence-electron chi connectivity index (χ0n) is 17.8. The van der Waals surface area contributed by atoms with Crippen LogP contribution < -0.4 is 4.74 Å². The van der Waals surface area contributed by atoms with E-state index in [-0.39, 0.29) is 11.7 Å². The van der Waals surface area contributed by atoms with Gasteiger partial charge in [0.1, 0.15) is 28.6 Å². The van der Waals surface area contributed by atoms with Crippen molar-refractivity contribution in [1.29, 1.82) is 0 Å². The van der Waals surface area contributed by atoms with Gasteiger partial charge in [-0.15, -0.1) is 0 Å². The van der Waals surface area contributed by atoms with Crippen molar-refractivity contribution < 1.29 is 19.1 Å². The van der Waals surface area contributed by atoms with Gasteiger partial charge in [0.2, 0.25) is 0 Å². The second-order valence-corrected chi connectivity index (χ2v) is 7.80. The van der Waals surface area contributed by atoms with Gasteiger partial charge in [0.15, 0.2) is 0 Å². The molecular formula is C25H23N3O4. The predicted molar refractivity (Wildman–Crippen MR) is 118 cm³/mol. The number of phenols is 1. The summed E-state index contributed by atoms with van der Waals surface area (Å²) >= 11 is 0. The number of carbonyl (C=O) groups is 1. The molecule has 5 rings (SSSR count). The van der Waals surface area contributed by atoms with Crippen molar-refractivity contribution in [3.8, 4) is 22.8 Å². The summed E-state index contributed by atoms with van der Waals surface area (Å²) in [6.07, 6.45) is 1.59. The number of ether oxygens (including phenoxy) is 1. The Morgan fingerprint density at radius 3 is 2.84 bits per heavy atom. The number of phenolic OH excluding ortho intramolecular Hbond substituents is 1. The number of hydrogen-bond acceptors (Lipinski definition) is 5. The van der Waals surface area contributed by atoms with Crippen LogP contribution in [0.25, 0.3) is 11.3 Å². The van der Waals surface area contributed by atoms with E-state index < -0.39 is 6.04 Å². The van der Waals surface area contributed by atoms with E-state index in [2.05, 4.69) is 10.2 Å². The fourth-order valence-corrected chi connectivity index (χ4v) is 4.26. The molecule has 1 aliphatic rings. The first-order valence-electron chi connectivity index (χ1n) is 10.5. The maximum Gasteiger partial charge on any atom is 0.273 e. The van der Waals surface area contributed by atoms with E-state index in [9.17, 15) is 9.90 Å². The highest BCUT2D eigenvalue weighted by Gasteiger charge is 2.43. The van der Waals surface area contributed by atoms with Crippen molar-refractivity contribution in [2.24, 2.45) is 0 Å². The average Bonchev–Trinajstić information content (AvgIpc) is 3.50. The Balaban J connectivity index is 1.68. The predicted octanol–water partition coefficient (Wildman–Crippen LogP) is 4.83. The monoisotopic (exact) mass is 429 g/mol. The number of H-pyrrole nitrogens is 1. The van der Waals surface area contributed by atoms with E-state index in [4.69, 9.17) is 9.15 Å². The third-order valence-corrected chi connectivity index (χ3v) is 5.66. The van der Waals surface area contributed by atoms with Gasteiger partial charge in [-0.2, -0.15) is 5.10 Å². The molecule has 0 saturated carbocycles. The third kappa shape index (κ3) is 3.32. The van der Waals surface area contributed by atoms with Crippen LogP contribution in [0.5, 0.6) is 11.5 Å². The van der Waals surface area contributed by atoms with Gasteiger partial charge in [0.05, 0.1) is 25.5 Å². The quantitative estimate of drug-likeness (QED) is 0.458. The zero-order chi connectivity index (χ0) is 22.2. The molecule has 2 N–H and O–H groups in total. The smallest absolute Gasteiger partial charge is 0.273 e. The normalized spacial score (nSPS) is 15.2. The summed E-state index contributed by atoms with van der Waals surface area (Å²) in [5, 5.41) is 17.9. The Kier molecular flexibility index (Phi) is 4.93. The number of nitrogens with zero attached hydrogens (tertiary/aromatic N) is 2. The van der Waals surface area contributed by atoms with Gasteiger partial charge in [-0.25, -0.2) is 0 Å². The number of aromatic amines is 1. The number of fused-ring (bicyclic) bond motifs is 1. The summed E-state index contributed by atoms with van der Waals surface area (Å²) in [6, 6.07) is 16.3. The number of aryl methyl sites for hydroxylation is 1. The number of aromatic hydroxyl groups is 1. The van der Waals surface area contributed by atoms with E-state index >= 15 is 0 Å². The number of nitrogens with one attached hydrogen (secondary N) is 1. The Hall–Kier alpha value is -4.00. The Morgan fingerprint density at radius 2 is 2.06 bits per heavy atom. The summed E-state index contributed by atoms with van der Waals surface area (Å²) in [5.41, 5.74) is 4.17. The fourth-order valence-electron chi connectivity index (χ4n) is 4.26. The van der Waals surface area contributed by atoms with E-state index in [0.29, 0.717) is 35.9 Å². The number of rotatable bonds is 6. The summed E-state index contributed by atoms with van der Waals surface area (Å²) in [7, 11) is 0. The van der Waals surface area contributed by atoms with Gasteiger partial charge in [-0.05, 0) is 55.8 Å². The van der Waals surface area contributed by atoms with Crippen LogP contribution in [0, 0.1) is 6.92 Å². The maximum absolute atomic E-state index is 13.4. The highest BCUT2D eigenvalue weighted by atomic mass is 16.5. The molecule has 0 aliphatic carbocycles. The second kappa shape index (κ2) is 7.92. The lowest BCUT2D eigenvalue weighted by atomic mass is 9.95. The molecule has 0 radical (unpaired) electrons. The zero-order valence-corrected chi connectivity index (χ0v) is 17.8. The average molecular weight is 429 g/mol. The molecular weight excluding hydrogens is 406 g/mol. The number of carbonyl (C=O) groups excluding carboxylic acids is 1. The van der Waals surface area contributed by atoms with Crippen LogP contribution in [-0.2, 0) is 6.54 Å². The number of amides is 1. The van der Waals surface area contributed by atoms with Crippen LogP contribution in [0.3, 0.4) is 0 Å². The fraction of sp³-hybridized carbons (Fsp3) is 0.200. The van der Waals surface area contributed by atoms with Crippen molar-refractivity contribution in [3.05, 3.63) is 89.0 Å². The lowest BCUT2D eigenvalue weighted by molar-refractivity contribution is 0.0716. The number of aromatic nitrogens is 2. The van der Waals surface area contributed by atoms with Crippen molar-refractivity contribution in [2.75, 3.05) is 6.61 Å². The molecule has 0 unspecified atom stereocenters. The molecule has 0 bridgehead atoms. The first-order valence-corrected chi connectivity index (χ1v) is 10.5. The highest BCUT2D eigenvalue weighted by molar-refractivity contribution is 6.00. The Morgan fingerprint density at radius 1 is 1.19 bits per heavy atom. The van der Waals surface area contributed by atoms with Crippen molar-refractivity contribution >= 4 is 5.91 Å². The molecule has 3 heterocycles. The molecule has 32 heavy (non-hydrogen) atoms. The van der Waals surface area contributed by atoms with E-state index in [1.165, 1.54) is 0 Å². The van der Waals surface area contributed by atoms with Gasteiger partial charge in [-0.1, -0.05) is 23.8 Å². The lowest BCUT2D eigenvalue weighted by Crippen LogP contribution is -2.29. The van der Waals surface area contributed by atoms with Crippen molar-refractivity contribution in [2.45, 2.75) is 26.4 Å². The topological polar surface area (TPSA) is 91.6 Å². The molecule has 4 aromatic rings. The van der Waals surface area contributed by atoms with Gasteiger partial charge in [0, 0.05) is 11.1 Å². The molecule has 1 atom stereocenters. The lowest BCUT2D eigenvalue weighted by Gasteiger charge is -2.26. The van der Waals surface area contributed by atoms with Crippen LogP contribution in [0.1, 0.15) is 45.9 Å². The summed E-state index contributed by atoms with van der Waals surface area (Å²) in [5.74, 6) is 1.35. The number of furan rings is 1. The van der Waals surface area contributed by atoms with Crippen molar-refractivity contribution in [1.82, 2.24) is 15.1 Å². The van der Waals surface area contributed by atoms with E-state index in [1.54, 1.807) is 23.3 Å². The largest absolute Gasteiger partial charge is 0.507 e. The molecule has 2 aromatic heterocycles.